The van der Waals surface area contributed by atoms with Crippen LogP contribution in [0.5, 0.6) is 0 Å². The molecule has 0 radical (unpaired) electrons. The minimum absolute atomic E-state index is 0.128. The van der Waals surface area contributed by atoms with Gasteiger partial charge in [0.25, 0.3) is 5.91 Å². The first-order valence-corrected chi connectivity index (χ1v) is 9.71. The molecule has 1 aliphatic carbocycles. The molecule has 0 aromatic heterocycles. The Kier molecular flexibility index (Phi) is 4.47. The average molecular weight is 336 g/mol. The molecule has 6 heteroatoms. The number of carbonyl (C=O) groups is 1. The van der Waals surface area contributed by atoms with Crippen LogP contribution in [-0.4, -0.2) is 37.8 Å². The van der Waals surface area contributed by atoms with E-state index in [0.29, 0.717) is 36.5 Å². The van der Waals surface area contributed by atoms with E-state index in [-0.39, 0.29) is 10.8 Å². The van der Waals surface area contributed by atoms with Crippen molar-refractivity contribution in [2.75, 3.05) is 13.1 Å². The molecule has 0 unspecified atom stereocenters. The molecule has 1 aliphatic heterocycles. The van der Waals surface area contributed by atoms with Gasteiger partial charge in [-0.05, 0) is 55.4 Å². The van der Waals surface area contributed by atoms with E-state index in [0.717, 1.165) is 19.3 Å². The number of hydrogen-bond acceptors (Lipinski definition) is 3. The minimum Gasteiger partial charge on any atom is -0.349 e. The Morgan fingerprint density at radius 2 is 1.65 bits per heavy atom. The molecule has 1 heterocycles. The van der Waals surface area contributed by atoms with E-state index in [1.165, 1.54) is 0 Å². The number of piperidine rings is 1. The van der Waals surface area contributed by atoms with Gasteiger partial charge in [-0.3, -0.25) is 4.79 Å². The second-order valence-electron chi connectivity index (χ2n) is 7.04. The zero-order chi connectivity index (χ0) is 16.6. The Morgan fingerprint density at radius 1 is 1.09 bits per heavy atom. The molecule has 5 nitrogen and oxygen atoms in total. The van der Waals surface area contributed by atoms with Crippen LogP contribution in [0.1, 0.15) is 43.5 Å². The van der Waals surface area contributed by atoms with Gasteiger partial charge in [0, 0.05) is 24.7 Å². The first kappa shape index (κ1) is 16.5. The van der Waals surface area contributed by atoms with Gasteiger partial charge in [0.1, 0.15) is 0 Å². The lowest BCUT2D eigenvalue weighted by molar-refractivity contribution is 0.0951. The molecule has 1 aromatic carbocycles. The lowest BCUT2D eigenvalue weighted by Gasteiger charge is -2.34. The van der Waals surface area contributed by atoms with Crippen molar-refractivity contribution >= 4 is 15.9 Å². The molecule has 1 N–H and O–H groups in total. The van der Waals surface area contributed by atoms with Crippen molar-refractivity contribution in [3.8, 4) is 0 Å². The van der Waals surface area contributed by atoms with Crippen LogP contribution >= 0.6 is 0 Å². The molecule has 3 rings (SSSR count). The van der Waals surface area contributed by atoms with E-state index in [2.05, 4.69) is 19.2 Å². The van der Waals surface area contributed by atoms with Gasteiger partial charge in [-0.25, -0.2) is 8.42 Å². The molecular formula is C17H24N2O3S. The van der Waals surface area contributed by atoms with Gasteiger partial charge in [-0.1, -0.05) is 13.8 Å². The predicted octanol–water partition coefficient (Wildman–Crippen LogP) is 2.25. The molecule has 1 aromatic rings. The van der Waals surface area contributed by atoms with Gasteiger partial charge in [-0.2, -0.15) is 4.31 Å². The monoisotopic (exact) mass is 336 g/mol. The van der Waals surface area contributed by atoms with Gasteiger partial charge < -0.3 is 5.32 Å². The molecule has 1 amide bonds. The maximum atomic E-state index is 12.8. The topological polar surface area (TPSA) is 66.5 Å². The van der Waals surface area contributed by atoms with Gasteiger partial charge in [0.2, 0.25) is 10.0 Å². The van der Waals surface area contributed by atoms with Crippen LogP contribution in [-0.2, 0) is 10.0 Å². The normalized spacial score (nSPS) is 26.0. The van der Waals surface area contributed by atoms with Crippen LogP contribution in [0.2, 0.25) is 0 Å². The number of nitrogens with zero attached hydrogens (tertiary/aromatic N) is 1. The van der Waals surface area contributed by atoms with E-state index in [4.69, 9.17) is 0 Å². The van der Waals surface area contributed by atoms with E-state index in [9.17, 15) is 13.2 Å². The van der Waals surface area contributed by atoms with Crippen molar-refractivity contribution in [2.24, 2.45) is 11.8 Å². The van der Waals surface area contributed by atoms with Crippen LogP contribution in [0.15, 0.2) is 29.2 Å². The summed E-state index contributed by atoms with van der Waals surface area (Å²) in [4.78, 5) is 12.2. The SMILES string of the molecule is C[C@@H]1C[C@H](C)CN(S(=O)(=O)c2ccc(C(=O)NC3CC3)cc2)C1. The second kappa shape index (κ2) is 6.24. The minimum atomic E-state index is -3.48. The maximum absolute atomic E-state index is 12.8. The van der Waals surface area contributed by atoms with Crippen molar-refractivity contribution < 1.29 is 13.2 Å². The molecule has 2 aliphatic rings. The molecule has 2 fully saturated rings. The number of sulfonamides is 1. The highest BCUT2D eigenvalue weighted by atomic mass is 32.2. The van der Waals surface area contributed by atoms with Crippen molar-refractivity contribution in [3.05, 3.63) is 29.8 Å². The lowest BCUT2D eigenvalue weighted by atomic mass is 9.94. The lowest BCUT2D eigenvalue weighted by Crippen LogP contribution is -2.42. The average Bonchev–Trinajstić information content (AvgIpc) is 3.30. The van der Waals surface area contributed by atoms with Gasteiger partial charge in [-0.15, -0.1) is 0 Å². The van der Waals surface area contributed by atoms with E-state index in [1.807, 2.05) is 0 Å². The van der Waals surface area contributed by atoms with Crippen LogP contribution in [0.25, 0.3) is 0 Å². The summed E-state index contributed by atoms with van der Waals surface area (Å²) in [5.41, 5.74) is 0.510. The molecule has 0 bridgehead atoms. The third-order valence-electron chi connectivity index (χ3n) is 4.50. The molecule has 1 saturated heterocycles. The number of rotatable bonds is 4. The van der Waals surface area contributed by atoms with Crippen LogP contribution < -0.4 is 5.32 Å². The van der Waals surface area contributed by atoms with Crippen LogP contribution in [0, 0.1) is 11.8 Å². The van der Waals surface area contributed by atoms with Crippen LogP contribution in [0.4, 0.5) is 0 Å². The third-order valence-corrected chi connectivity index (χ3v) is 6.35. The summed E-state index contributed by atoms with van der Waals surface area (Å²) in [6.45, 7) is 5.31. The fraction of sp³-hybridized carbons (Fsp3) is 0.588. The smallest absolute Gasteiger partial charge is 0.251 e. The molecular weight excluding hydrogens is 312 g/mol. The number of carbonyl (C=O) groups excluding carboxylic acids is 1. The highest BCUT2D eigenvalue weighted by Gasteiger charge is 2.31. The molecule has 1 saturated carbocycles. The summed E-state index contributed by atoms with van der Waals surface area (Å²) >= 11 is 0. The Bertz CT molecular complexity index is 670. The largest absolute Gasteiger partial charge is 0.349 e. The van der Waals surface area contributed by atoms with E-state index in [1.54, 1.807) is 28.6 Å². The Morgan fingerprint density at radius 3 is 2.17 bits per heavy atom. The van der Waals surface area contributed by atoms with Crippen molar-refractivity contribution in [1.82, 2.24) is 9.62 Å². The zero-order valence-electron chi connectivity index (χ0n) is 13.7. The summed E-state index contributed by atoms with van der Waals surface area (Å²) in [7, 11) is -3.48. The fourth-order valence-electron chi connectivity index (χ4n) is 3.23. The summed E-state index contributed by atoms with van der Waals surface area (Å²) in [6, 6.07) is 6.58. The Labute approximate surface area is 138 Å². The summed E-state index contributed by atoms with van der Waals surface area (Å²) in [6.07, 6.45) is 3.12. The highest BCUT2D eigenvalue weighted by molar-refractivity contribution is 7.89. The van der Waals surface area contributed by atoms with E-state index < -0.39 is 10.0 Å². The van der Waals surface area contributed by atoms with Crippen molar-refractivity contribution in [3.63, 3.8) is 0 Å². The molecule has 126 valence electrons. The molecule has 2 atom stereocenters. The van der Waals surface area contributed by atoms with Gasteiger partial charge in [0.15, 0.2) is 0 Å². The maximum Gasteiger partial charge on any atom is 0.251 e. The predicted molar refractivity (Wildman–Crippen MR) is 88.6 cm³/mol. The zero-order valence-corrected chi connectivity index (χ0v) is 14.5. The number of nitrogens with one attached hydrogen (secondary N) is 1. The highest BCUT2D eigenvalue weighted by Crippen LogP contribution is 2.27. The van der Waals surface area contributed by atoms with Crippen molar-refractivity contribution in [1.29, 1.82) is 0 Å². The standard InChI is InChI=1S/C17H24N2O3S/c1-12-9-13(2)11-19(10-12)23(21,22)16-7-3-14(4-8-16)17(20)18-15-5-6-15/h3-4,7-8,12-13,15H,5-6,9-11H2,1-2H3,(H,18,20)/t12-,13+. The fourth-order valence-corrected chi connectivity index (χ4v) is 4.91. The Balaban J connectivity index is 1.75. The number of hydrogen-bond donors (Lipinski definition) is 1. The van der Waals surface area contributed by atoms with E-state index >= 15 is 0 Å². The quantitative estimate of drug-likeness (QED) is 0.917. The summed E-state index contributed by atoms with van der Waals surface area (Å²) in [5.74, 6) is 0.617. The Hall–Kier alpha value is -1.40. The molecule has 0 spiro atoms. The number of benzene rings is 1. The summed E-state index contributed by atoms with van der Waals surface area (Å²) in [5, 5.41) is 2.90. The van der Waals surface area contributed by atoms with Gasteiger partial charge >= 0.3 is 0 Å². The number of amides is 1. The summed E-state index contributed by atoms with van der Waals surface area (Å²) < 4.78 is 27.1. The first-order valence-electron chi connectivity index (χ1n) is 8.27. The van der Waals surface area contributed by atoms with Crippen molar-refractivity contribution in [2.45, 2.75) is 44.0 Å². The third kappa shape index (κ3) is 3.75. The van der Waals surface area contributed by atoms with Gasteiger partial charge in [0.05, 0.1) is 4.90 Å². The van der Waals surface area contributed by atoms with Crippen LogP contribution in [0.3, 0.4) is 0 Å². The second-order valence-corrected chi connectivity index (χ2v) is 8.98. The first-order chi connectivity index (χ1) is 10.9. The molecule has 23 heavy (non-hydrogen) atoms.